The lowest BCUT2D eigenvalue weighted by molar-refractivity contribution is 0.419. The summed E-state index contributed by atoms with van der Waals surface area (Å²) in [6.45, 7) is 1.93. The van der Waals surface area contributed by atoms with E-state index in [0.717, 1.165) is 14.5 Å². The SMILES string of the molecule is COc1cccc2c1c(I)cn2S(=O)(=O)c1ccc(C)cc1. The van der Waals surface area contributed by atoms with Gasteiger partial charge in [-0.25, -0.2) is 12.4 Å². The number of aromatic nitrogens is 1. The number of methoxy groups -OCH3 is 1. The maximum Gasteiger partial charge on any atom is 0.268 e. The average molecular weight is 427 g/mol. The van der Waals surface area contributed by atoms with Crippen molar-refractivity contribution < 1.29 is 13.2 Å². The summed E-state index contributed by atoms with van der Waals surface area (Å²) in [4.78, 5) is 0.272. The quantitative estimate of drug-likeness (QED) is 0.598. The number of hydrogen-bond acceptors (Lipinski definition) is 3. The largest absolute Gasteiger partial charge is 0.496 e. The third-order valence-electron chi connectivity index (χ3n) is 3.51. The first-order chi connectivity index (χ1) is 10.4. The van der Waals surface area contributed by atoms with Crippen LogP contribution in [0.15, 0.2) is 53.6 Å². The zero-order chi connectivity index (χ0) is 15.9. The lowest BCUT2D eigenvalue weighted by Gasteiger charge is -2.08. The van der Waals surface area contributed by atoms with Crippen LogP contribution < -0.4 is 4.74 Å². The number of fused-ring (bicyclic) bond motifs is 1. The summed E-state index contributed by atoms with van der Waals surface area (Å²) in [5, 5.41) is 0.807. The Morgan fingerprint density at radius 2 is 1.77 bits per heavy atom. The summed E-state index contributed by atoms with van der Waals surface area (Å²) in [6.07, 6.45) is 1.63. The number of rotatable bonds is 3. The van der Waals surface area contributed by atoms with E-state index in [9.17, 15) is 8.42 Å². The molecular weight excluding hydrogens is 413 g/mol. The molecule has 3 rings (SSSR count). The summed E-state index contributed by atoms with van der Waals surface area (Å²) < 4.78 is 33.3. The Kier molecular flexibility index (Phi) is 3.90. The van der Waals surface area contributed by atoms with Crippen molar-refractivity contribution in [2.75, 3.05) is 7.11 Å². The molecule has 1 heterocycles. The maximum atomic E-state index is 12.9. The number of aryl methyl sites for hydroxylation is 1. The van der Waals surface area contributed by atoms with E-state index in [1.54, 1.807) is 49.7 Å². The van der Waals surface area contributed by atoms with E-state index in [0.29, 0.717) is 11.3 Å². The Labute approximate surface area is 142 Å². The van der Waals surface area contributed by atoms with Crippen molar-refractivity contribution in [1.29, 1.82) is 0 Å². The summed E-state index contributed by atoms with van der Waals surface area (Å²) in [5.74, 6) is 0.666. The van der Waals surface area contributed by atoms with Gasteiger partial charge in [0.25, 0.3) is 10.0 Å². The third kappa shape index (κ3) is 2.40. The first-order valence-corrected chi connectivity index (χ1v) is 9.13. The number of ether oxygens (including phenoxy) is 1. The topological polar surface area (TPSA) is 48.3 Å². The summed E-state index contributed by atoms with van der Waals surface area (Å²) in [5.41, 5.74) is 1.64. The van der Waals surface area contributed by atoms with Crippen LogP contribution in [0.25, 0.3) is 10.9 Å². The first-order valence-electron chi connectivity index (χ1n) is 6.61. The maximum absolute atomic E-state index is 12.9. The molecule has 0 saturated carbocycles. The highest BCUT2D eigenvalue weighted by atomic mass is 127. The molecular formula is C16H14INO3S. The van der Waals surface area contributed by atoms with Crippen LogP contribution in [0.4, 0.5) is 0 Å². The Hall–Kier alpha value is -1.54. The van der Waals surface area contributed by atoms with Gasteiger partial charge < -0.3 is 4.74 Å². The van der Waals surface area contributed by atoms with Gasteiger partial charge in [0.05, 0.1) is 22.9 Å². The van der Waals surface area contributed by atoms with Gasteiger partial charge in [-0.05, 0) is 53.8 Å². The van der Waals surface area contributed by atoms with E-state index in [1.807, 2.05) is 13.0 Å². The van der Waals surface area contributed by atoms with Gasteiger partial charge in [-0.1, -0.05) is 23.8 Å². The van der Waals surface area contributed by atoms with Gasteiger partial charge in [0, 0.05) is 9.77 Å². The van der Waals surface area contributed by atoms with Crippen LogP contribution in [0, 0.1) is 10.5 Å². The molecule has 114 valence electrons. The molecule has 0 aliphatic carbocycles. The zero-order valence-corrected chi connectivity index (χ0v) is 15.1. The van der Waals surface area contributed by atoms with E-state index in [4.69, 9.17) is 4.74 Å². The molecule has 1 aromatic heterocycles. The molecule has 0 N–H and O–H groups in total. The first kappa shape index (κ1) is 15.4. The van der Waals surface area contributed by atoms with Crippen molar-refractivity contribution in [3.63, 3.8) is 0 Å². The molecule has 0 radical (unpaired) electrons. The third-order valence-corrected chi connectivity index (χ3v) is 6.01. The second-order valence-corrected chi connectivity index (χ2v) is 7.92. The normalized spacial score (nSPS) is 11.8. The van der Waals surface area contributed by atoms with Crippen LogP contribution in [0.2, 0.25) is 0 Å². The molecule has 0 atom stereocenters. The van der Waals surface area contributed by atoms with Crippen molar-refractivity contribution in [2.24, 2.45) is 0 Å². The summed E-state index contributed by atoms with van der Waals surface area (Å²) >= 11 is 2.13. The van der Waals surface area contributed by atoms with Crippen molar-refractivity contribution in [2.45, 2.75) is 11.8 Å². The van der Waals surface area contributed by atoms with Crippen LogP contribution in [0.1, 0.15) is 5.56 Å². The predicted octanol–water partition coefficient (Wildman–Crippen LogP) is 3.80. The Morgan fingerprint density at radius 3 is 2.41 bits per heavy atom. The van der Waals surface area contributed by atoms with Gasteiger partial charge in [-0.2, -0.15) is 0 Å². The standard InChI is InChI=1S/C16H14INO3S/c1-11-6-8-12(9-7-11)22(19,20)18-10-13(17)16-14(18)4-3-5-15(16)21-2/h3-10H,1-2H3. The molecule has 0 aliphatic rings. The number of hydrogen-bond donors (Lipinski definition) is 0. The number of benzene rings is 2. The highest BCUT2D eigenvalue weighted by Crippen LogP contribution is 2.33. The van der Waals surface area contributed by atoms with Gasteiger partial charge in [0.2, 0.25) is 0 Å². The second-order valence-electron chi connectivity index (χ2n) is 4.95. The van der Waals surface area contributed by atoms with Crippen molar-refractivity contribution in [3.05, 3.63) is 57.8 Å². The van der Waals surface area contributed by atoms with Gasteiger partial charge in [-0.3, -0.25) is 0 Å². The van der Waals surface area contributed by atoms with Gasteiger partial charge >= 0.3 is 0 Å². The van der Waals surface area contributed by atoms with E-state index in [1.165, 1.54) is 3.97 Å². The lowest BCUT2D eigenvalue weighted by Crippen LogP contribution is -2.11. The Balaban J connectivity index is 2.28. The van der Waals surface area contributed by atoms with Crippen molar-refractivity contribution in [3.8, 4) is 5.75 Å². The molecule has 4 nitrogen and oxygen atoms in total. The molecule has 0 spiro atoms. The number of nitrogens with zero attached hydrogens (tertiary/aromatic N) is 1. The Morgan fingerprint density at radius 1 is 1.09 bits per heavy atom. The minimum absolute atomic E-state index is 0.272. The van der Waals surface area contributed by atoms with Crippen molar-refractivity contribution in [1.82, 2.24) is 3.97 Å². The van der Waals surface area contributed by atoms with E-state index in [-0.39, 0.29) is 4.90 Å². The molecule has 0 fully saturated rings. The minimum atomic E-state index is -3.63. The molecule has 0 bridgehead atoms. The zero-order valence-electron chi connectivity index (χ0n) is 12.1. The van der Waals surface area contributed by atoms with E-state index < -0.39 is 10.0 Å². The molecule has 3 aromatic rings. The molecule has 22 heavy (non-hydrogen) atoms. The van der Waals surface area contributed by atoms with Crippen LogP contribution >= 0.6 is 22.6 Å². The van der Waals surface area contributed by atoms with E-state index in [2.05, 4.69) is 22.6 Å². The second kappa shape index (κ2) is 5.58. The smallest absolute Gasteiger partial charge is 0.268 e. The van der Waals surface area contributed by atoms with Crippen LogP contribution in [0.5, 0.6) is 5.75 Å². The summed E-state index contributed by atoms with van der Waals surface area (Å²) in [6, 6.07) is 12.2. The van der Waals surface area contributed by atoms with Crippen LogP contribution in [0.3, 0.4) is 0 Å². The fourth-order valence-corrected chi connectivity index (χ4v) is 4.75. The fourth-order valence-electron chi connectivity index (χ4n) is 2.37. The molecule has 6 heteroatoms. The van der Waals surface area contributed by atoms with Crippen LogP contribution in [-0.4, -0.2) is 19.5 Å². The predicted molar refractivity (Wildman–Crippen MR) is 95.0 cm³/mol. The molecule has 0 amide bonds. The van der Waals surface area contributed by atoms with Gasteiger partial charge in [-0.15, -0.1) is 0 Å². The molecule has 2 aromatic carbocycles. The lowest BCUT2D eigenvalue weighted by atomic mass is 10.2. The monoisotopic (exact) mass is 427 g/mol. The number of halogens is 1. The van der Waals surface area contributed by atoms with Crippen LogP contribution in [-0.2, 0) is 10.0 Å². The highest BCUT2D eigenvalue weighted by Gasteiger charge is 2.22. The highest BCUT2D eigenvalue weighted by molar-refractivity contribution is 14.1. The molecule has 0 saturated heterocycles. The minimum Gasteiger partial charge on any atom is -0.496 e. The van der Waals surface area contributed by atoms with Gasteiger partial charge in [0.15, 0.2) is 0 Å². The van der Waals surface area contributed by atoms with E-state index >= 15 is 0 Å². The average Bonchev–Trinajstić information content (AvgIpc) is 2.86. The Bertz CT molecular complexity index is 943. The van der Waals surface area contributed by atoms with Gasteiger partial charge in [0.1, 0.15) is 5.75 Å². The molecule has 0 aliphatic heterocycles. The van der Waals surface area contributed by atoms with Crippen molar-refractivity contribution >= 4 is 43.5 Å². The molecule has 0 unspecified atom stereocenters. The summed E-state index contributed by atoms with van der Waals surface area (Å²) in [7, 11) is -2.05. The fraction of sp³-hybridized carbons (Fsp3) is 0.125.